The van der Waals surface area contributed by atoms with Crippen LogP contribution in [0.25, 0.3) is 0 Å². The van der Waals surface area contributed by atoms with Crippen LogP contribution in [0.15, 0.2) is 30.3 Å². The average Bonchev–Trinajstić information content (AvgIpc) is 2.19. The number of hydroxylamine groups is 1. The third kappa shape index (κ3) is 1.57. The monoisotopic (exact) mass is 192 g/mol. The van der Waals surface area contributed by atoms with Crippen molar-refractivity contribution < 1.29 is 14.4 Å². The Kier molecular flexibility index (Phi) is 2.16. The van der Waals surface area contributed by atoms with Crippen LogP contribution in [-0.4, -0.2) is 18.5 Å². The van der Waals surface area contributed by atoms with Gasteiger partial charge in [0, 0.05) is 0 Å². The molecule has 0 spiro atoms. The van der Waals surface area contributed by atoms with Crippen molar-refractivity contribution in [3.8, 4) is 0 Å². The molecule has 0 unspecified atom stereocenters. The molecule has 0 aromatic heterocycles. The van der Waals surface area contributed by atoms with Gasteiger partial charge in [0.25, 0.3) is 5.91 Å². The van der Waals surface area contributed by atoms with Gasteiger partial charge in [-0.1, -0.05) is 18.2 Å². The van der Waals surface area contributed by atoms with E-state index in [1.165, 1.54) is 0 Å². The first-order chi connectivity index (χ1) is 6.77. The van der Waals surface area contributed by atoms with Crippen molar-refractivity contribution in [1.29, 1.82) is 0 Å². The summed E-state index contributed by atoms with van der Waals surface area (Å²) in [6.07, 6.45) is 0. The second kappa shape index (κ2) is 3.47. The van der Waals surface area contributed by atoms with Crippen LogP contribution in [0.5, 0.6) is 0 Å². The highest BCUT2D eigenvalue weighted by molar-refractivity contribution is 6.03. The van der Waals surface area contributed by atoms with Gasteiger partial charge in [-0.15, -0.1) is 0 Å². The van der Waals surface area contributed by atoms with Gasteiger partial charge in [0.1, 0.15) is 0 Å². The van der Waals surface area contributed by atoms with Gasteiger partial charge in [0.15, 0.2) is 6.61 Å². The topological polar surface area (TPSA) is 58.6 Å². The molecule has 1 aromatic carbocycles. The summed E-state index contributed by atoms with van der Waals surface area (Å²) in [4.78, 5) is 27.0. The van der Waals surface area contributed by atoms with Gasteiger partial charge in [-0.2, -0.15) is 5.06 Å². The average molecular weight is 192 g/mol. The Labute approximate surface area is 80.2 Å². The molecule has 1 saturated heterocycles. The lowest BCUT2D eigenvalue weighted by atomic mass is 10.3. The first-order valence-electron chi connectivity index (χ1n) is 4.09. The van der Waals surface area contributed by atoms with Crippen LogP contribution in [-0.2, 0) is 9.63 Å². The molecule has 1 heterocycles. The lowest BCUT2D eigenvalue weighted by Gasteiger charge is -2.25. The Morgan fingerprint density at radius 2 is 1.93 bits per heavy atom. The minimum atomic E-state index is -0.563. The van der Waals surface area contributed by atoms with Crippen molar-refractivity contribution in [2.24, 2.45) is 0 Å². The number of carbonyl (C=O) groups is 2. The van der Waals surface area contributed by atoms with Gasteiger partial charge in [-0.05, 0) is 12.1 Å². The van der Waals surface area contributed by atoms with Crippen LogP contribution in [0.1, 0.15) is 0 Å². The maximum absolute atomic E-state index is 11.3. The normalized spacial score (nSPS) is 16.7. The van der Waals surface area contributed by atoms with Gasteiger partial charge in [0.05, 0.1) is 5.69 Å². The van der Waals surface area contributed by atoms with Crippen molar-refractivity contribution in [1.82, 2.24) is 5.32 Å². The molecule has 0 atom stereocenters. The van der Waals surface area contributed by atoms with Crippen LogP contribution in [0.4, 0.5) is 10.5 Å². The number of rotatable bonds is 1. The van der Waals surface area contributed by atoms with E-state index in [9.17, 15) is 9.59 Å². The van der Waals surface area contributed by atoms with E-state index in [2.05, 4.69) is 5.32 Å². The molecule has 14 heavy (non-hydrogen) atoms. The number of carbonyl (C=O) groups excluding carboxylic acids is 2. The van der Waals surface area contributed by atoms with Crippen molar-refractivity contribution >= 4 is 17.6 Å². The molecule has 5 heteroatoms. The number of hydrogen-bond acceptors (Lipinski definition) is 3. The molecule has 1 fully saturated rings. The fourth-order valence-electron chi connectivity index (χ4n) is 1.14. The summed E-state index contributed by atoms with van der Waals surface area (Å²) < 4.78 is 0. The van der Waals surface area contributed by atoms with Gasteiger partial charge in [-0.3, -0.25) is 14.9 Å². The lowest BCUT2D eigenvalue weighted by Crippen LogP contribution is -2.50. The number of para-hydroxylation sites is 1. The molecule has 72 valence electrons. The first-order valence-corrected chi connectivity index (χ1v) is 4.09. The summed E-state index contributed by atoms with van der Waals surface area (Å²) >= 11 is 0. The molecule has 1 N–H and O–H groups in total. The Hall–Kier alpha value is -1.88. The van der Waals surface area contributed by atoms with Crippen molar-refractivity contribution in [2.75, 3.05) is 11.7 Å². The third-order valence-electron chi connectivity index (χ3n) is 1.75. The summed E-state index contributed by atoms with van der Waals surface area (Å²) in [5, 5.41) is 3.21. The smallest absolute Gasteiger partial charge is 0.274 e. The molecule has 0 bridgehead atoms. The second-order valence-electron chi connectivity index (χ2n) is 2.76. The summed E-state index contributed by atoms with van der Waals surface area (Å²) in [7, 11) is 0. The maximum Gasteiger partial charge on any atom is 0.352 e. The highest BCUT2D eigenvalue weighted by Crippen LogP contribution is 2.15. The fraction of sp³-hybridized carbons (Fsp3) is 0.111. The molecule has 0 saturated carbocycles. The van der Waals surface area contributed by atoms with E-state index in [0.29, 0.717) is 5.69 Å². The molecule has 1 aliphatic rings. The molecular weight excluding hydrogens is 184 g/mol. The van der Waals surface area contributed by atoms with Crippen LogP contribution in [0, 0.1) is 0 Å². The Bertz CT molecular complexity index is 364. The summed E-state index contributed by atoms with van der Waals surface area (Å²) in [5.41, 5.74) is 0.595. The molecular formula is C9H8N2O3. The lowest BCUT2D eigenvalue weighted by molar-refractivity contribution is -0.126. The molecule has 0 radical (unpaired) electrons. The highest BCUT2D eigenvalue weighted by Gasteiger charge is 2.25. The van der Waals surface area contributed by atoms with Crippen molar-refractivity contribution in [2.45, 2.75) is 0 Å². The van der Waals surface area contributed by atoms with Crippen molar-refractivity contribution in [3.63, 3.8) is 0 Å². The minimum Gasteiger partial charge on any atom is -0.274 e. The molecule has 3 amide bonds. The number of urea groups is 1. The summed E-state index contributed by atoms with van der Waals surface area (Å²) in [6.45, 7) is -0.138. The molecule has 5 nitrogen and oxygen atoms in total. The summed E-state index contributed by atoms with van der Waals surface area (Å²) in [6, 6.07) is 8.26. The molecule has 2 rings (SSSR count). The molecule has 1 aromatic rings. The van der Waals surface area contributed by atoms with Crippen LogP contribution >= 0.6 is 0 Å². The quantitative estimate of drug-likeness (QED) is 0.711. The predicted molar refractivity (Wildman–Crippen MR) is 48.4 cm³/mol. The number of nitrogens with one attached hydrogen (secondary N) is 1. The third-order valence-corrected chi connectivity index (χ3v) is 1.75. The zero-order chi connectivity index (χ0) is 9.97. The molecule has 1 aliphatic heterocycles. The fourth-order valence-corrected chi connectivity index (χ4v) is 1.14. The largest absolute Gasteiger partial charge is 0.352 e. The van der Waals surface area contributed by atoms with E-state index in [4.69, 9.17) is 4.84 Å². The first kappa shape index (κ1) is 8.71. The Morgan fingerprint density at radius 3 is 2.57 bits per heavy atom. The number of benzene rings is 1. The zero-order valence-corrected chi connectivity index (χ0v) is 7.27. The van der Waals surface area contributed by atoms with E-state index in [1.54, 1.807) is 24.3 Å². The van der Waals surface area contributed by atoms with E-state index >= 15 is 0 Å². The van der Waals surface area contributed by atoms with Crippen LogP contribution in [0.2, 0.25) is 0 Å². The van der Waals surface area contributed by atoms with Crippen molar-refractivity contribution in [3.05, 3.63) is 30.3 Å². The Balaban J connectivity index is 2.20. The van der Waals surface area contributed by atoms with Gasteiger partial charge in [-0.25, -0.2) is 4.79 Å². The van der Waals surface area contributed by atoms with Gasteiger partial charge in [0.2, 0.25) is 0 Å². The standard InChI is InChI=1S/C9H8N2O3/c12-8-6-14-11(9(13)10-8)7-4-2-1-3-5-7/h1-5H,6H2,(H,10,12,13). The van der Waals surface area contributed by atoms with Crippen LogP contribution in [0.3, 0.4) is 0 Å². The number of imide groups is 1. The van der Waals surface area contributed by atoms with E-state index < -0.39 is 11.9 Å². The minimum absolute atomic E-state index is 0.138. The number of nitrogens with zero attached hydrogens (tertiary/aromatic N) is 1. The van der Waals surface area contributed by atoms with E-state index in [1.807, 2.05) is 6.07 Å². The molecule has 0 aliphatic carbocycles. The highest BCUT2D eigenvalue weighted by atomic mass is 16.7. The summed E-state index contributed by atoms with van der Waals surface area (Å²) in [5.74, 6) is -0.429. The zero-order valence-electron chi connectivity index (χ0n) is 7.27. The maximum atomic E-state index is 11.3. The predicted octanol–water partition coefficient (Wildman–Crippen LogP) is 0.674. The number of amides is 3. The van der Waals surface area contributed by atoms with E-state index in [-0.39, 0.29) is 6.61 Å². The second-order valence-corrected chi connectivity index (χ2v) is 2.76. The SMILES string of the molecule is O=C1CON(c2ccccc2)C(=O)N1. The van der Waals surface area contributed by atoms with Gasteiger partial charge < -0.3 is 0 Å². The number of anilines is 1. The van der Waals surface area contributed by atoms with Crippen LogP contribution < -0.4 is 10.4 Å². The van der Waals surface area contributed by atoms with E-state index in [0.717, 1.165) is 5.06 Å². The van der Waals surface area contributed by atoms with Gasteiger partial charge >= 0.3 is 6.03 Å². The Morgan fingerprint density at radius 1 is 1.21 bits per heavy atom. The number of hydrogen-bond donors (Lipinski definition) is 1.